The number of para-hydroxylation sites is 1. The minimum absolute atomic E-state index is 0.0632. The van der Waals surface area contributed by atoms with Gasteiger partial charge >= 0.3 is 0 Å². The second kappa shape index (κ2) is 4.58. The highest BCUT2D eigenvalue weighted by Gasteiger charge is 2.57. The Morgan fingerprint density at radius 1 is 1.18 bits per heavy atom. The number of anilines is 1. The molecule has 0 bridgehead atoms. The molecule has 0 aliphatic carbocycles. The monoisotopic (exact) mass is 294 g/mol. The lowest BCUT2D eigenvalue weighted by Gasteiger charge is -2.30. The fourth-order valence-corrected chi connectivity index (χ4v) is 3.99. The molecule has 4 rings (SSSR count). The van der Waals surface area contributed by atoms with Gasteiger partial charge in [0.2, 0.25) is 5.91 Å². The number of benzene rings is 2. The number of carbonyl (C=O) groups is 1. The number of carbonyl (C=O) groups excluding carboxylic acids is 1. The van der Waals surface area contributed by atoms with Crippen molar-refractivity contribution in [2.45, 2.75) is 17.9 Å². The zero-order valence-electron chi connectivity index (χ0n) is 12.4. The molecule has 4 nitrogen and oxygen atoms in total. The van der Waals surface area contributed by atoms with E-state index in [1.165, 1.54) is 0 Å². The van der Waals surface area contributed by atoms with Gasteiger partial charge in [0.15, 0.2) is 0 Å². The van der Waals surface area contributed by atoms with Crippen LogP contribution >= 0.6 is 0 Å². The Labute approximate surface area is 129 Å². The van der Waals surface area contributed by atoms with Crippen molar-refractivity contribution in [1.29, 1.82) is 0 Å². The minimum Gasteiger partial charge on any atom is -0.508 e. The van der Waals surface area contributed by atoms with Gasteiger partial charge in [0.1, 0.15) is 5.75 Å². The van der Waals surface area contributed by atoms with Crippen molar-refractivity contribution in [3.63, 3.8) is 0 Å². The molecule has 2 aliphatic rings. The van der Waals surface area contributed by atoms with Crippen LogP contribution in [0.15, 0.2) is 48.5 Å². The Morgan fingerprint density at radius 2 is 1.91 bits per heavy atom. The molecule has 1 spiro atoms. The van der Waals surface area contributed by atoms with Crippen LogP contribution in [0.2, 0.25) is 0 Å². The molecule has 2 N–H and O–H groups in total. The average molecular weight is 294 g/mol. The van der Waals surface area contributed by atoms with E-state index in [9.17, 15) is 9.90 Å². The van der Waals surface area contributed by atoms with Crippen LogP contribution in [0, 0.1) is 0 Å². The van der Waals surface area contributed by atoms with Crippen molar-refractivity contribution in [1.82, 2.24) is 5.32 Å². The number of phenols is 1. The summed E-state index contributed by atoms with van der Waals surface area (Å²) in [6, 6.07) is 15.1. The summed E-state index contributed by atoms with van der Waals surface area (Å²) in [5, 5.41) is 13.0. The first-order chi connectivity index (χ1) is 10.6. The van der Waals surface area contributed by atoms with Crippen molar-refractivity contribution in [3.05, 3.63) is 59.7 Å². The van der Waals surface area contributed by atoms with E-state index in [1.54, 1.807) is 17.0 Å². The number of nitrogens with zero attached hydrogens (tertiary/aromatic N) is 1. The SMILES string of the molecule is CN1C(=O)[C@]2(CCN[C@@H]2c2ccc(O)cc2)c2ccccc21. The smallest absolute Gasteiger partial charge is 0.239 e. The summed E-state index contributed by atoms with van der Waals surface area (Å²) in [5.74, 6) is 0.392. The van der Waals surface area contributed by atoms with Gasteiger partial charge in [0.25, 0.3) is 0 Å². The molecule has 22 heavy (non-hydrogen) atoms. The molecule has 1 amide bonds. The quantitative estimate of drug-likeness (QED) is 0.849. The van der Waals surface area contributed by atoms with E-state index in [4.69, 9.17) is 0 Å². The molecule has 0 radical (unpaired) electrons. The van der Waals surface area contributed by atoms with Crippen molar-refractivity contribution in [3.8, 4) is 5.75 Å². The third-order valence-electron chi connectivity index (χ3n) is 5.02. The number of amides is 1. The van der Waals surface area contributed by atoms with E-state index >= 15 is 0 Å². The van der Waals surface area contributed by atoms with Gasteiger partial charge in [-0.05, 0) is 42.3 Å². The normalized spacial score (nSPS) is 26.7. The van der Waals surface area contributed by atoms with E-state index in [0.29, 0.717) is 0 Å². The van der Waals surface area contributed by atoms with E-state index in [1.807, 2.05) is 37.4 Å². The van der Waals surface area contributed by atoms with Crippen molar-refractivity contribution < 1.29 is 9.90 Å². The van der Waals surface area contributed by atoms with Crippen LogP contribution in [0.1, 0.15) is 23.6 Å². The Balaban J connectivity index is 1.89. The van der Waals surface area contributed by atoms with Gasteiger partial charge in [0, 0.05) is 12.7 Å². The number of aromatic hydroxyl groups is 1. The van der Waals surface area contributed by atoms with E-state index in [2.05, 4.69) is 11.4 Å². The van der Waals surface area contributed by atoms with Gasteiger partial charge in [-0.1, -0.05) is 30.3 Å². The highest BCUT2D eigenvalue weighted by molar-refractivity contribution is 6.08. The van der Waals surface area contributed by atoms with Gasteiger partial charge in [-0.15, -0.1) is 0 Å². The van der Waals surface area contributed by atoms with Gasteiger partial charge in [-0.3, -0.25) is 4.79 Å². The summed E-state index contributed by atoms with van der Waals surface area (Å²) in [6.07, 6.45) is 0.790. The lowest BCUT2D eigenvalue weighted by atomic mass is 9.73. The molecule has 4 heteroatoms. The van der Waals surface area contributed by atoms with Gasteiger partial charge in [-0.25, -0.2) is 0 Å². The van der Waals surface area contributed by atoms with Crippen LogP contribution in [-0.2, 0) is 10.2 Å². The van der Waals surface area contributed by atoms with E-state index < -0.39 is 5.41 Å². The first-order valence-electron chi connectivity index (χ1n) is 7.54. The standard InChI is InChI=1S/C18H18N2O2/c1-20-15-5-3-2-4-14(15)18(17(20)22)10-11-19-16(18)12-6-8-13(21)9-7-12/h2-9,16,19,21H,10-11H2,1H3/t16-,18-/m1/s1. The summed E-state index contributed by atoms with van der Waals surface area (Å²) < 4.78 is 0. The number of likely N-dealkylation sites (N-methyl/N-ethyl adjacent to an activating group) is 1. The lowest BCUT2D eigenvalue weighted by Crippen LogP contribution is -2.42. The van der Waals surface area contributed by atoms with Crippen LogP contribution in [0.25, 0.3) is 0 Å². The highest BCUT2D eigenvalue weighted by atomic mass is 16.3. The van der Waals surface area contributed by atoms with Crippen LogP contribution in [0.5, 0.6) is 5.75 Å². The predicted octanol–water partition coefficient (Wildman–Crippen LogP) is 2.34. The number of nitrogens with one attached hydrogen (secondary N) is 1. The highest BCUT2D eigenvalue weighted by Crippen LogP contribution is 2.52. The first-order valence-corrected chi connectivity index (χ1v) is 7.54. The largest absolute Gasteiger partial charge is 0.508 e. The molecule has 2 aromatic rings. The molecule has 0 saturated carbocycles. The Kier molecular flexibility index (Phi) is 2.78. The lowest BCUT2D eigenvalue weighted by molar-refractivity contribution is -0.123. The molecule has 0 aromatic heterocycles. The van der Waals surface area contributed by atoms with Crippen molar-refractivity contribution in [2.75, 3.05) is 18.5 Å². The zero-order valence-corrected chi connectivity index (χ0v) is 12.4. The van der Waals surface area contributed by atoms with Crippen molar-refractivity contribution >= 4 is 11.6 Å². The van der Waals surface area contributed by atoms with Gasteiger partial charge in [-0.2, -0.15) is 0 Å². The molecule has 1 fully saturated rings. The molecular weight excluding hydrogens is 276 g/mol. The number of fused-ring (bicyclic) bond motifs is 2. The molecule has 112 valence electrons. The average Bonchev–Trinajstić information content (AvgIpc) is 3.07. The molecule has 2 aromatic carbocycles. The predicted molar refractivity (Wildman–Crippen MR) is 85.0 cm³/mol. The Morgan fingerprint density at radius 3 is 2.68 bits per heavy atom. The summed E-state index contributed by atoms with van der Waals surface area (Å²) >= 11 is 0. The molecule has 2 heterocycles. The van der Waals surface area contributed by atoms with Crippen LogP contribution in [0.3, 0.4) is 0 Å². The maximum Gasteiger partial charge on any atom is 0.239 e. The fraction of sp³-hybridized carbons (Fsp3) is 0.278. The number of hydrogen-bond donors (Lipinski definition) is 2. The second-order valence-corrected chi connectivity index (χ2v) is 6.08. The van der Waals surface area contributed by atoms with Gasteiger partial charge in [0.05, 0.1) is 11.5 Å². The Bertz CT molecular complexity index is 741. The molecular formula is C18H18N2O2. The summed E-state index contributed by atoms with van der Waals surface area (Å²) in [6.45, 7) is 0.805. The topological polar surface area (TPSA) is 52.6 Å². The zero-order chi connectivity index (χ0) is 15.3. The van der Waals surface area contributed by atoms with Crippen LogP contribution in [0.4, 0.5) is 5.69 Å². The maximum atomic E-state index is 13.1. The number of rotatable bonds is 1. The maximum absolute atomic E-state index is 13.1. The Hall–Kier alpha value is -2.33. The summed E-state index contributed by atoms with van der Waals surface area (Å²) in [4.78, 5) is 14.8. The molecule has 2 atom stereocenters. The van der Waals surface area contributed by atoms with E-state index in [0.717, 1.165) is 29.8 Å². The number of phenolic OH excluding ortho intramolecular Hbond substituents is 1. The molecule has 1 saturated heterocycles. The molecule has 0 unspecified atom stereocenters. The van der Waals surface area contributed by atoms with E-state index in [-0.39, 0.29) is 17.7 Å². The molecule has 2 aliphatic heterocycles. The third-order valence-corrected chi connectivity index (χ3v) is 5.02. The van der Waals surface area contributed by atoms with Crippen LogP contribution < -0.4 is 10.2 Å². The first kappa shape index (κ1) is 13.3. The second-order valence-electron chi connectivity index (χ2n) is 6.08. The summed E-state index contributed by atoms with van der Waals surface area (Å²) in [7, 11) is 1.85. The van der Waals surface area contributed by atoms with Crippen LogP contribution in [-0.4, -0.2) is 24.6 Å². The minimum atomic E-state index is -0.539. The third kappa shape index (κ3) is 1.58. The number of hydrogen-bond acceptors (Lipinski definition) is 3. The van der Waals surface area contributed by atoms with Crippen molar-refractivity contribution in [2.24, 2.45) is 0 Å². The summed E-state index contributed by atoms with van der Waals surface area (Å²) in [5.41, 5.74) is 2.60. The van der Waals surface area contributed by atoms with Gasteiger partial charge < -0.3 is 15.3 Å². The fourth-order valence-electron chi connectivity index (χ4n) is 3.99.